The number of pyridine rings is 1. The van der Waals surface area contributed by atoms with Crippen molar-refractivity contribution in [2.45, 2.75) is 26.4 Å². The number of ether oxygens (including phenoxy) is 2. The molecule has 1 aromatic heterocycles. The maximum Gasteiger partial charge on any atom is 0.257 e. The zero-order chi connectivity index (χ0) is 9.47. The number of rotatable bonds is 0. The van der Waals surface area contributed by atoms with Crippen LogP contribution in [0.15, 0.2) is 12.1 Å². The highest BCUT2D eigenvalue weighted by molar-refractivity contribution is 5.36. The van der Waals surface area contributed by atoms with Crippen molar-refractivity contribution in [3.05, 3.63) is 17.8 Å². The largest absolute Gasteiger partial charge is 0.484 e. The Morgan fingerprint density at radius 3 is 2.92 bits per heavy atom. The fraction of sp³-hybridized carbons (Fsp3) is 0.500. The lowest BCUT2D eigenvalue weighted by Gasteiger charge is -2.31. The SMILES string of the molecule is Cc1ccc2c(n1)OC(C)(C)CO2. The molecule has 0 atom stereocenters. The van der Waals surface area contributed by atoms with Crippen molar-refractivity contribution in [3.8, 4) is 11.6 Å². The minimum absolute atomic E-state index is 0.270. The van der Waals surface area contributed by atoms with E-state index in [0.29, 0.717) is 12.5 Å². The van der Waals surface area contributed by atoms with Gasteiger partial charge in [0.2, 0.25) is 0 Å². The smallest absolute Gasteiger partial charge is 0.257 e. The van der Waals surface area contributed by atoms with Crippen molar-refractivity contribution < 1.29 is 9.47 Å². The van der Waals surface area contributed by atoms with Crippen LogP contribution in [-0.2, 0) is 0 Å². The molecule has 0 saturated carbocycles. The molecule has 2 rings (SSSR count). The molecule has 3 heteroatoms. The highest BCUT2D eigenvalue weighted by Crippen LogP contribution is 2.32. The van der Waals surface area contributed by atoms with Gasteiger partial charge in [-0.2, -0.15) is 0 Å². The summed E-state index contributed by atoms with van der Waals surface area (Å²) in [4.78, 5) is 4.26. The van der Waals surface area contributed by atoms with Gasteiger partial charge in [0.15, 0.2) is 5.75 Å². The molecular formula is C10H13NO2. The van der Waals surface area contributed by atoms with Gasteiger partial charge >= 0.3 is 0 Å². The van der Waals surface area contributed by atoms with Crippen LogP contribution in [-0.4, -0.2) is 17.2 Å². The summed E-state index contributed by atoms with van der Waals surface area (Å²) >= 11 is 0. The second-order valence-electron chi connectivity index (χ2n) is 3.91. The molecule has 0 aromatic carbocycles. The van der Waals surface area contributed by atoms with Gasteiger partial charge in [-0.15, -0.1) is 0 Å². The normalized spacial score (nSPS) is 18.4. The predicted molar refractivity (Wildman–Crippen MR) is 49.2 cm³/mol. The van der Waals surface area contributed by atoms with Gasteiger partial charge in [0.1, 0.15) is 12.2 Å². The minimum Gasteiger partial charge on any atom is -0.484 e. The molecule has 0 N–H and O–H groups in total. The number of hydrogen-bond acceptors (Lipinski definition) is 3. The van der Waals surface area contributed by atoms with Crippen LogP contribution < -0.4 is 9.47 Å². The predicted octanol–water partition coefficient (Wildman–Crippen LogP) is 1.94. The Balaban J connectivity index is 2.38. The summed E-state index contributed by atoms with van der Waals surface area (Å²) in [5, 5.41) is 0. The summed E-state index contributed by atoms with van der Waals surface area (Å²) in [6, 6.07) is 3.81. The molecule has 1 aliphatic heterocycles. The maximum atomic E-state index is 5.66. The van der Waals surface area contributed by atoms with Crippen LogP contribution in [0.2, 0.25) is 0 Å². The highest BCUT2D eigenvalue weighted by atomic mass is 16.6. The van der Waals surface area contributed by atoms with E-state index >= 15 is 0 Å². The van der Waals surface area contributed by atoms with E-state index in [1.54, 1.807) is 0 Å². The van der Waals surface area contributed by atoms with Gasteiger partial charge in [-0.05, 0) is 32.9 Å². The molecule has 0 spiro atoms. The van der Waals surface area contributed by atoms with E-state index < -0.39 is 0 Å². The molecule has 0 saturated heterocycles. The van der Waals surface area contributed by atoms with Gasteiger partial charge in [0.25, 0.3) is 5.88 Å². The first kappa shape index (κ1) is 8.35. The van der Waals surface area contributed by atoms with Crippen LogP contribution in [0.1, 0.15) is 19.5 Å². The Morgan fingerprint density at radius 2 is 2.15 bits per heavy atom. The summed E-state index contributed by atoms with van der Waals surface area (Å²) < 4.78 is 11.2. The van der Waals surface area contributed by atoms with E-state index in [1.807, 2.05) is 32.9 Å². The van der Waals surface area contributed by atoms with E-state index in [2.05, 4.69) is 4.98 Å². The standard InChI is InChI=1S/C10H13NO2/c1-7-4-5-8-9(11-7)13-10(2,3)6-12-8/h4-5H,6H2,1-3H3. The third-order valence-electron chi connectivity index (χ3n) is 1.91. The topological polar surface area (TPSA) is 31.4 Å². The third kappa shape index (κ3) is 1.59. The maximum absolute atomic E-state index is 5.66. The van der Waals surface area contributed by atoms with Crippen LogP contribution in [0.5, 0.6) is 11.6 Å². The Morgan fingerprint density at radius 1 is 1.38 bits per heavy atom. The summed E-state index contributed by atoms with van der Waals surface area (Å²) in [5.41, 5.74) is 0.674. The molecule has 0 fully saturated rings. The van der Waals surface area contributed by atoms with Gasteiger partial charge in [-0.1, -0.05) is 0 Å². The summed E-state index contributed by atoms with van der Waals surface area (Å²) in [6.45, 7) is 6.48. The van der Waals surface area contributed by atoms with Crippen LogP contribution >= 0.6 is 0 Å². The molecule has 3 nitrogen and oxygen atoms in total. The van der Waals surface area contributed by atoms with Crippen LogP contribution in [0.3, 0.4) is 0 Å². The molecule has 1 aromatic rings. The first-order chi connectivity index (χ1) is 6.07. The van der Waals surface area contributed by atoms with Gasteiger partial charge in [-0.3, -0.25) is 0 Å². The molecule has 2 heterocycles. The van der Waals surface area contributed by atoms with Crippen molar-refractivity contribution >= 4 is 0 Å². The molecule has 1 aliphatic rings. The summed E-state index contributed by atoms with van der Waals surface area (Å²) in [6.07, 6.45) is 0. The average Bonchev–Trinajstić information content (AvgIpc) is 2.01. The molecule has 0 amide bonds. The van der Waals surface area contributed by atoms with E-state index in [-0.39, 0.29) is 5.60 Å². The first-order valence-corrected chi connectivity index (χ1v) is 4.36. The Hall–Kier alpha value is -1.25. The lowest BCUT2D eigenvalue weighted by atomic mass is 10.1. The van der Waals surface area contributed by atoms with Gasteiger partial charge < -0.3 is 9.47 Å². The first-order valence-electron chi connectivity index (χ1n) is 4.36. The molecular weight excluding hydrogens is 166 g/mol. The Bertz CT molecular complexity index is 334. The van der Waals surface area contributed by atoms with Crippen molar-refractivity contribution in [1.29, 1.82) is 0 Å². The molecule has 0 bridgehead atoms. The van der Waals surface area contributed by atoms with E-state index in [0.717, 1.165) is 11.4 Å². The average molecular weight is 179 g/mol. The van der Waals surface area contributed by atoms with Crippen molar-refractivity contribution in [2.75, 3.05) is 6.61 Å². The zero-order valence-corrected chi connectivity index (χ0v) is 8.13. The lowest BCUT2D eigenvalue weighted by Crippen LogP contribution is -2.39. The molecule has 13 heavy (non-hydrogen) atoms. The van der Waals surface area contributed by atoms with Crippen LogP contribution in [0, 0.1) is 6.92 Å². The van der Waals surface area contributed by atoms with E-state index in [1.165, 1.54) is 0 Å². The zero-order valence-electron chi connectivity index (χ0n) is 8.13. The van der Waals surface area contributed by atoms with Crippen LogP contribution in [0.4, 0.5) is 0 Å². The second-order valence-corrected chi connectivity index (χ2v) is 3.91. The fourth-order valence-electron chi connectivity index (χ4n) is 1.25. The summed E-state index contributed by atoms with van der Waals surface area (Å²) in [5.74, 6) is 1.35. The van der Waals surface area contributed by atoms with Gasteiger partial charge in [-0.25, -0.2) is 4.98 Å². The van der Waals surface area contributed by atoms with Crippen molar-refractivity contribution in [2.24, 2.45) is 0 Å². The molecule has 0 unspecified atom stereocenters. The van der Waals surface area contributed by atoms with Gasteiger partial charge in [0.05, 0.1) is 0 Å². The number of fused-ring (bicyclic) bond motifs is 1. The second kappa shape index (κ2) is 2.62. The Labute approximate surface area is 77.7 Å². The van der Waals surface area contributed by atoms with E-state index in [4.69, 9.17) is 9.47 Å². The lowest BCUT2D eigenvalue weighted by molar-refractivity contribution is 0.0160. The monoisotopic (exact) mass is 179 g/mol. The minimum atomic E-state index is -0.270. The van der Waals surface area contributed by atoms with Crippen LogP contribution in [0.25, 0.3) is 0 Å². The quantitative estimate of drug-likeness (QED) is 0.610. The fourth-order valence-corrected chi connectivity index (χ4v) is 1.25. The molecule has 0 aliphatic carbocycles. The number of aromatic nitrogens is 1. The van der Waals surface area contributed by atoms with Gasteiger partial charge in [0, 0.05) is 5.69 Å². The third-order valence-corrected chi connectivity index (χ3v) is 1.91. The highest BCUT2D eigenvalue weighted by Gasteiger charge is 2.28. The Kier molecular flexibility index (Phi) is 1.68. The molecule has 0 radical (unpaired) electrons. The van der Waals surface area contributed by atoms with E-state index in [9.17, 15) is 0 Å². The number of hydrogen-bond donors (Lipinski definition) is 0. The molecule has 70 valence electrons. The summed E-state index contributed by atoms with van der Waals surface area (Å²) in [7, 11) is 0. The number of nitrogens with zero attached hydrogens (tertiary/aromatic N) is 1. The van der Waals surface area contributed by atoms with Crippen molar-refractivity contribution in [1.82, 2.24) is 4.98 Å². The number of aryl methyl sites for hydroxylation is 1. The van der Waals surface area contributed by atoms with Crippen molar-refractivity contribution in [3.63, 3.8) is 0 Å².